The second kappa shape index (κ2) is 11.0. The molecule has 168 valence electrons. The maximum Gasteiger partial charge on any atom is 0.0415 e. The van der Waals surface area contributed by atoms with E-state index in [2.05, 4.69) is 57.5 Å². The summed E-state index contributed by atoms with van der Waals surface area (Å²) in [7, 11) is 0. The van der Waals surface area contributed by atoms with E-state index in [0.717, 1.165) is 25.9 Å². The first kappa shape index (κ1) is 22.2. The Hall–Kier alpha value is -2.01. The van der Waals surface area contributed by atoms with Crippen molar-refractivity contribution in [1.82, 2.24) is 20.4 Å². The number of hydrogen-bond donors (Lipinski definition) is 2. The molecule has 0 atom stereocenters. The summed E-state index contributed by atoms with van der Waals surface area (Å²) in [6, 6.07) is 0. The highest BCUT2D eigenvalue weighted by Crippen LogP contribution is 2.36. The first-order chi connectivity index (χ1) is 15.3. The molecule has 0 radical (unpaired) electrons. The first-order valence-corrected chi connectivity index (χ1v) is 13.2. The zero-order chi connectivity index (χ0) is 21.5. The Morgan fingerprint density at radius 2 is 1.65 bits per heavy atom. The quantitative estimate of drug-likeness (QED) is 0.368. The van der Waals surface area contributed by atoms with E-state index in [9.17, 15) is 0 Å². The van der Waals surface area contributed by atoms with Crippen molar-refractivity contribution in [2.45, 2.75) is 64.2 Å². The van der Waals surface area contributed by atoms with Crippen LogP contribution in [0.4, 0.5) is 0 Å². The standard InChI is InChI=1S/C26H38N4S/c1-3-27-23-15-14-22-10-6-12-26(23)30(22)18-8-20-31-19-7-17-28-24-16-13-21-9-5-11-25(24)29(21)4-2/h3-4,13-14,27-28H,1-2,5-12,15-20H2. The molecule has 0 spiro atoms. The van der Waals surface area contributed by atoms with Crippen LogP contribution in [0, 0.1) is 0 Å². The van der Waals surface area contributed by atoms with Crippen molar-refractivity contribution in [3.63, 3.8) is 0 Å². The Morgan fingerprint density at radius 1 is 0.903 bits per heavy atom. The molecule has 4 heterocycles. The SMILES string of the molecule is C=CNC1=C2CCCC(=CC1)N2CCCSCCCNC1=C2CCCC(=CC1)N2C=C. The summed E-state index contributed by atoms with van der Waals surface area (Å²) in [6.45, 7) is 10.1. The molecule has 5 heteroatoms. The van der Waals surface area contributed by atoms with Crippen molar-refractivity contribution < 1.29 is 0 Å². The molecule has 0 saturated carbocycles. The Labute approximate surface area is 192 Å². The van der Waals surface area contributed by atoms with Gasteiger partial charge in [-0.2, -0.15) is 11.8 Å². The molecular formula is C26H38N4S. The molecule has 2 N–H and O–H groups in total. The predicted molar refractivity (Wildman–Crippen MR) is 134 cm³/mol. The molecule has 2 saturated heterocycles. The number of nitrogens with one attached hydrogen (secondary N) is 2. The van der Waals surface area contributed by atoms with E-state index in [1.807, 2.05) is 12.4 Å². The predicted octanol–water partition coefficient (Wildman–Crippen LogP) is 5.94. The van der Waals surface area contributed by atoms with E-state index in [0.29, 0.717) is 0 Å². The van der Waals surface area contributed by atoms with Gasteiger partial charge in [-0.3, -0.25) is 0 Å². The third kappa shape index (κ3) is 5.25. The second-order valence-corrected chi connectivity index (χ2v) is 9.88. The van der Waals surface area contributed by atoms with Gasteiger partial charge < -0.3 is 20.4 Å². The Bertz CT molecular complexity index is 804. The normalized spacial score (nSPS) is 20.4. The summed E-state index contributed by atoms with van der Waals surface area (Å²) < 4.78 is 0. The van der Waals surface area contributed by atoms with Gasteiger partial charge in [0.25, 0.3) is 0 Å². The molecule has 0 aromatic carbocycles. The van der Waals surface area contributed by atoms with Crippen molar-refractivity contribution in [3.8, 4) is 0 Å². The highest BCUT2D eigenvalue weighted by atomic mass is 32.2. The molecule has 4 aliphatic rings. The van der Waals surface area contributed by atoms with E-state index in [-0.39, 0.29) is 0 Å². The van der Waals surface area contributed by atoms with Crippen LogP contribution in [0.2, 0.25) is 0 Å². The van der Waals surface area contributed by atoms with Crippen molar-refractivity contribution in [3.05, 3.63) is 71.9 Å². The van der Waals surface area contributed by atoms with Gasteiger partial charge in [0.15, 0.2) is 0 Å². The van der Waals surface area contributed by atoms with Crippen LogP contribution < -0.4 is 10.6 Å². The Balaban J connectivity index is 1.13. The molecule has 4 rings (SSSR count). The van der Waals surface area contributed by atoms with Crippen LogP contribution >= 0.6 is 11.8 Å². The van der Waals surface area contributed by atoms with Crippen LogP contribution in [0.5, 0.6) is 0 Å². The summed E-state index contributed by atoms with van der Waals surface area (Å²) in [5.74, 6) is 2.47. The molecular weight excluding hydrogens is 400 g/mol. The lowest BCUT2D eigenvalue weighted by Gasteiger charge is -2.39. The monoisotopic (exact) mass is 438 g/mol. The Morgan fingerprint density at radius 3 is 2.48 bits per heavy atom. The molecule has 4 nitrogen and oxygen atoms in total. The fourth-order valence-corrected chi connectivity index (χ4v) is 6.10. The lowest BCUT2D eigenvalue weighted by Crippen LogP contribution is -2.33. The number of fused-ring (bicyclic) bond motifs is 4. The van der Waals surface area contributed by atoms with Crippen molar-refractivity contribution in [1.29, 1.82) is 0 Å². The number of allylic oxidation sites excluding steroid dienone is 6. The van der Waals surface area contributed by atoms with Gasteiger partial charge in [-0.1, -0.05) is 25.3 Å². The van der Waals surface area contributed by atoms with Crippen LogP contribution in [0.1, 0.15) is 64.2 Å². The second-order valence-electron chi connectivity index (χ2n) is 8.66. The fourth-order valence-electron chi connectivity index (χ4n) is 5.22. The number of hydrogen-bond acceptors (Lipinski definition) is 5. The third-order valence-corrected chi connectivity index (χ3v) is 7.83. The summed E-state index contributed by atoms with van der Waals surface area (Å²) in [6.07, 6.45) is 20.5. The number of rotatable bonds is 12. The minimum Gasteiger partial charge on any atom is -0.387 e. The maximum atomic E-state index is 4.01. The highest BCUT2D eigenvalue weighted by molar-refractivity contribution is 7.99. The largest absolute Gasteiger partial charge is 0.387 e. The highest BCUT2D eigenvalue weighted by Gasteiger charge is 2.26. The number of nitrogens with zero attached hydrogens (tertiary/aromatic N) is 2. The van der Waals surface area contributed by atoms with E-state index in [4.69, 9.17) is 0 Å². The van der Waals surface area contributed by atoms with Gasteiger partial charge in [0.05, 0.1) is 0 Å². The van der Waals surface area contributed by atoms with Crippen LogP contribution in [-0.4, -0.2) is 34.4 Å². The van der Waals surface area contributed by atoms with Crippen molar-refractivity contribution >= 4 is 11.8 Å². The number of piperidine rings is 2. The average molecular weight is 439 g/mol. The molecule has 4 bridgehead atoms. The molecule has 4 aliphatic heterocycles. The molecule has 0 aromatic rings. The van der Waals surface area contributed by atoms with Gasteiger partial charge >= 0.3 is 0 Å². The van der Waals surface area contributed by atoms with E-state index < -0.39 is 0 Å². The van der Waals surface area contributed by atoms with Crippen LogP contribution in [-0.2, 0) is 0 Å². The summed E-state index contributed by atoms with van der Waals surface area (Å²) >= 11 is 2.10. The summed E-state index contributed by atoms with van der Waals surface area (Å²) in [4.78, 5) is 4.89. The number of thioether (sulfide) groups is 1. The maximum absolute atomic E-state index is 4.01. The van der Waals surface area contributed by atoms with Gasteiger partial charge in [-0.25, -0.2) is 0 Å². The van der Waals surface area contributed by atoms with Gasteiger partial charge in [0.1, 0.15) is 0 Å². The van der Waals surface area contributed by atoms with Gasteiger partial charge in [-0.05, 0) is 69.1 Å². The third-order valence-electron chi connectivity index (χ3n) is 6.68. The zero-order valence-electron chi connectivity index (χ0n) is 18.9. The van der Waals surface area contributed by atoms with E-state index in [1.165, 1.54) is 91.4 Å². The molecule has 31 heavy (non-hydrogen) atoms. The zero-order valence-corrected chi connectivity index (χ0v) is 19.7. The minimum absolute atomic E-state index is 1.04. The molecule has 0 amide bonds. The van der Waals surface area contributed by atoms with Crippen LogP contribution in [0.3, 0.4) is 0 Å². The smallest absolute Gasteiger partial charge is 0.0415 e. The topological polar surface area (TPSA) is 30.5 Å². The summed E-state index contributed by atoms with van der Waals surface area (Å²) in [5.41, 5.74) is 8.70. The van der Waals surface area contributed by atoms with Crippen molar-refractivity contribution in [2.75, 3.05) is 24.6 Å². The van der Waals surface area contributed by atoms with E-state index >= 15 is 0 Å². The molecule has 0 unspecified atom stereocenters. The molecule has 0 aliphatic carbocycles. The molecule has 2 fully saturated rings. The molecule has 0 aromatic heterocycles. The van der Waals surface area contributed by atoms with Gasteiger partial charge in [0, 0.05) is 66.3 Å². The van der Waals surface area contributed by atoms with E-state index in [1.54, 1.807) is 5.70 Å². The minimum atomic E-state index is 1.04. The average Bonchev–Trinajstić information content (AvgIpc) is 2.78. The lowest BCUT2D eigenvalue weighted by atomic mass is 9.96. The fraction of sp³-hybridized carbons (Fsp3) is 0.538. The van der Waals surface area contributed by atoms with Gasteiger partial charge in [-0.15, -0.1) is 0 Å². The van der Waals surface area contributed by atoms with Crippen LogP contribution in [0.15, 0.2) is 71.9 Å². The lowest BCUT2D eigenvalue weighted by molar-refractivity contribution is 0.341. The summed E-state index contributed by atoms with van der Waals surface area (Å²) in [5, 5.41) is 7.09. The Kier molecular flexibility index (Phi) is 7.90. The van der Waals surface area contributed by atoms with Gasteiger partial charge in [0.2, 0.25) is 0 Å². The van der Waals surface area contributed by atoms with Crippen LogP contribution in [0.25, 0.3) is 0 Å². The van der Waals surface area contributed by atoms with Crippen molar-refractivity contribution in [2.24, 2.45) is 0 Å². The first-order valence-electron chi connectivity index (χ1n) is 12.0.